The molecule has 1 amide bonds. The molecule has 3 rings (SSSR count). The molecule has 0 bridgehead atoms. The molecule has 1 aromatic heterocycles. The van der Waals surface area contributed by atoms with Gasteiger partial charge >= 0.3 is 0 Å². The summed E-state index contributed by atoms with van der Waals surface area (Å²) in [4.78, 5) is 12.0. The van der Waals surface area contributed by atoms with Crippen molar-refractivity contribution >= 4 is 22.5 Å². The lowest BCUT2D eigenvalue weighted by atomic mass is 10.2. The van der Waals surface area contributed by atoms with E-state index in [9.17, 15) is 9.18 Å². The molecule has 0 unspecified atom stereocenters. The van der Waals surface area contributed by atoms with Gasteiger partial charge in [-0.2, -0.15) is 0 Å². The van der Waals surface area contributed by atoms with Crippen molar-refractivity contribution in [2.75, 3.05) is 5.32 Å². The van der Waals surface area contributed by atoms with Gasteiger partial charge in [-0.05, 0) is 35.7 Å². The minimum Gasteiger partial charge on any atom is -0.338 e. The molecule has 0 aliphatic rings. The zero-order chi connectivity index (χ0) is 13.9. The summed E-state index contributed by atoms with van der Waals surface area (Å²) in [6.07, 6.45) is 1.87. The number of amides is 1. The zero-order valence-corrected chi connectivity index (χ0v) is 10.7. The SMILES string of the molecule is O=C(Cn1ccc2ccccc21)Nc1cccc(F)c1. The molecule has 0 aliphatic carbocycles. The Hall–Kier alpha value is -2.62. The molecule has 1 N–H and O–H groups in total. The van der Waals surface area contributed by atoms with E-state index in [1.807, 2.05) is 41.1 Å². The Morgan fingerprint density at radius 1 is 1.10 bits per heavy atom. The molecule has 0 spiro atoms. The maximum atomic E-state index is 13.0. The Kier molecular flexibility index (Phi) is 3.21. The lowest BCUT2D eigenvalue weighted by Gasteiger charge is -2.07. The summed E-state index contributed by atoms with van der Waals surface area (Å²) in [5.41, 5.74) is 1.47. The average Bonchev–Trinajstić information content (AvgIpc) is 2.82. The number of nitrogens with zero attached hydrogens (tertiary/aromatic N) is 1. The number of hydrogen-bond acceptors (Lipinski definition) is 1. The second-order valence-electron chi connectivity index (χ2n) is 4.56. The number of rotatable bonds is 3. The van der Waals surface area contributed by atoms with Crippen LogP contribution in [0.25, 0.3) is 10.9 Å². The van der Waals surface area contributed by atoms with Crippen LogP contribution < -0.4 is 5.32 Å². The molecule has 100 valence electrons. The van der Waals surface area contributed by atoms with Gasteiger partial charge in [0.2, 0.25) is 5.91 Å². The van der Waals surface area contributed by atoms with Gasteiger partial charge in [-0.1, -0.05) is 24.3 Å². The van der Waals surface area contributed by atoms with Crippen LogP contribution in [-0.2, 0) is 11.3 Å². The number of nitrogens with one attached hydrogen (secondary N) is 1. The van der Waals surface area contributed by atoms with Gasteiger partial charge in [-0.25, -0.2) is 4.39 Å². The fourth-order valence-corrected chi connectivity index (χ4v) is 2.20. The quantitative estimate of drug-likeness (QED) is 0.776. The summed E-state index contributed by atoms with van der Waals surface area (Å²) >= 11 is 0. The van der Waals surface area contributed by atoms with Gasteiger partial charge in [0.15, 0.2) is 0 Å². The fraction of sp³-hybridized carbons (Fsp3) is 0.0625. The fourth-order valence-electron chi connectivity index (χ4n) is 2.20. The predicted molar refractivity (Wildman–Crippen MR) is 77.0 cm³/mol. The van der Waals surface area contributed by atoms with Gasteiger partial charge in [0, 0.05) is 17.4 Å². The van der Waals surface area contributed by atoms with Crippen LogP contribution in [0.4, 0.5) is 10.1 Å². The summed E-state index contributed by atoms with van der Waals surface area (Å²) in [7, 11) is 0. The number of anilines is 1. The molecule has 20 heavy (non-hydrogen) atoms. The third-order valence-corrected chi connectivity index (χ3v) is 3.10. The third-order valence-electron chi connectivity index (χ3n) is 3.10. The van der Waals surface area contributed by atoms with Crippen molar-refractivity contribution < 1.29 is 9.18 Å². The van der Waals surface area contributed by atoms with E-state index in [1.54, 1.807) is 12.1 Å². The van der Waals surface area contributed by atoms with Crippen molar-refractivity contribution in [2.45, 2.75) is 6.54 Å². The molecule has 0 fully saturated rings. The number of para-hydroxylation sites is 1. The van der Waals surface area contributed by atoms with Gasteiger partial charge in [0.25, 0.3) is 0 Å². The van der Waals surface area contributed by atoms with Gasteiger partial charge < -0.3 is 9.88 Å². The molecule has 4 heteroatoms. The van der Waals surface area contributed by atoms with Crippen LogP contribution in [0, 0.1) is 5.82 Å². The smallest absolute Gasteiger partial charge is 0.244 e. The second kappa shape index (κ2) is 5.17. The van der Waals surface area contributed by atoms with Gasteiger partial charge in [-0.15, -0.1) is 0 Å². The van der Waals surface area contributed by atoms with Crippen molar-refractivity contribution in [1.29, 1.82) is 0 Å². The molecular formula is C16H13FN2O. The Morgan fingerprint density at radius 3 is 2.80 bits per heavy atom. The van der Waals surface area contributed by atoms with Crippen LogP contribution in [0.5, 0.6) is 0 Å². The number of benzene rings is 2. The summed E-state index contributed by atoms with van der Waals surface area (Å²) in [6.45, 7) is 0.198. The summed E-state index contributed by atoms with van der Waals surface area (Å²) in [5, 5.41) is 3.77. The summed E-state index contributed by atoms with van der Waals surface area (Å²) in [6, 6.07) is 15.7. The van der Waals surface area contributed by atoms with Crippen molar-refractivity contribution in [1.82, 2.24) is 4.57 Å². The Bertz CT molecular complexity index is 764. The molecule has 1 heterocycles. The van der Waals surface area contributed by atoms with Crippen LogP contribution in [0.1, 0.15) is 0 Å². The van der Waals surface area contributed by atoms with Crippen LogP contribution in [0.15, 0.2) is 60.8 Å². The van der Waals surface area contributed by atoms with E-state index in [0.717, 1.165) is 10.9 Å². The predicted octanol–water partition coefficient (Wildman–Crippen LogP) is 3.42. The Morgan fingerprint density at radius 2 is 1.95 bits per heavy atom. The van der Waals surface area contributed by atoms with Gasteiger partial charge in [0.1, 0.15) is 12.4 Å². The molecule has 3 aromatic rings. The van der Waals surface area contributed by atoms with Crippen LogP contribution >= 0.6 is 0 Å². The van der Waals surface area contributed by atoms with E-state index in [4.69, 9.17) is 0 Å². The highest BCUT2D eigenvalue weighted by Crippen LogP contribution is 2.15. The molecule has 0 saturated carbocycles. The number of carbonyl (C=O) groups excluding carboxylic acids is 1. The van der Waals surface area contributed by atoms with Crippen molar-refractivity contribution in [3.05, 3.63) is 66.6 Å². The van der Waals surface area contributed by atoms with Gasteiger partial charge in [-0.3, -0.25) is 4.79 Å². The first-order valence-electron chi connectivity index (χ1n) is 6.32. The molecule has 0 radical (unpaired) electrons. The topological polar surface area (TPSA) is 34.0 Å². The number of halogens is 1. The molecule has 0 aliphatic heterocycles. The Balaban J connectivity index is 1.76. The summed E-state index contributed by atoms with van der Waals surface area (Å²) in [5.74, 6) is -0.550. The molecule has 2 aromatic carbocycles. The largest absolute Gasteiger partial charge is 0.338 e. The van der Waals surface area contributed by atoms with Crippen molar-refractivity contribution in [3.8, 4) is 0 Å². The Labute approximate surface area is 115 Å². The summed E-state index contributed by atoms with van der Waals surface area (Å²) < 4.78 is 14.9. The minimum absolute atomic E-state index is 0.183. The monoisotopic (exact) mass is 268 g/mol. The lowest BCUT2D eigenvalue weighted by molar-refractivity contribution is -0.116. The van der Waals surface area contributed by atoms with E-state index < -0.39 is 0 Å². The van der Waals surface area contributed by atoms with Crippen LogP contribution in [0.2, 0.25) is 0 Å². The molecule has 0 atom stereocenters. The maximum Gasteiger partial charge on any atom is 0.244 e. The van der Waals surface area contributed by atoms with Crippen molar-refractivity contribution in [2.24, 2.45) is 0 Å². The minimum atomic E-state index is -0.366. The molecule has 3 nitrogen and oxygen atoms in total. The second-order valence-corrected chi connectivity index (χ2v) is 4.56. The highest BCUT2D eigenvalue weighted by molar-refractivity contribution is 5.92. The third kappa shape index (κ3) is 2.54. The highest BCUT2D eigenvalue weighted by atomic mass is 19.1. The van der Waals surface area contributed by atoms with E-state index in [-0.39, 0.29) is 18.3 Å². The van der Waals surface area contributed by atoms with Crippen LogP contribution in [0.3, 0.4) is 0 Å². The van der Waals surface area contributed by atoms with Crippen LogP contribution in [-0.4, -0.2) is 10.5 Å². The molecule has 0 saturated heterocycles. The maximum absolute atomic E-state index is 13.0. The normalized spacial score (nSPS) is 10.7. The first-order chi connectivity index (χ1) is 9.72. The molecular weight excluding hydrogens is 255 g/mol. The highest BCUT2D eigenvalue weighted by Gasteiger charge is 2.06. The number of hydrogen-bond donors (Lipinski definition) is 1. The number of fused-ring (bicyclic) bond motifs is 1. The van der Waals surface area contributed by atoms with Crippen molar-refractivity contribution in [3.63, 3.8) is 0 Å². The van der Waals surface area contributed by atoms with E-state index in [2.05, 4.69) is 5.32 Å². The first-order valence-corrected chi connectivity index (χ1v) is 6.32. The van der Waals surface area contributed by atoms with E-state index in [1.165, 1.54) is 12.1 Å². The standard InChI is InChI=1S/C16H13FN2O/c17-13-5-3-6-14(10-13)18-16(20)11-19-9-8-12-4-1-2-7-15(12)19/h1-10H,11H2,(H,18,20). The average molecular weight is 268 g/mol. The lowest BCUT2D eigenvalue weighted by Crippen LogP contribution is -2.18. The first kappa shape index (κ1) is 12.4. The van der Waals surface area contributed by atoms with E-state index in [0.29, 0.717) is 5.69 Å². The zero-order valence-electron chi connectivity index (χ0n) is 10.7. The number of aromatic nitrogens is 1. The van der Waals surface area contributed by atoms with Gasteiger partial charge in [0.05, 0.1) is 0 Å². The number of carbonyl (C=O) groups is 1. The van der Waals surface area contributed by atoms with E-state index >= 15 is 0 Å².